The molecular weight excluding hydrogens is 468 g/mol. The van der Waals surface area contributed by atoms with Crippen LogP contribution in [0.4, 0.5) is 11.4 Å². The SMILES string of the molecule is Cc1ccc(NC(=O)C(=O)N/N=C\c2ccccc2OCC(=O)Nc2cccc(C)c2C)cc1Cl. The number of rotatable bonds is 7. The third-order valence-electron chi connectivity index (χ3n) is 5.16. The van der Waals surface area contributed by atoms with Gasteiger partial charge in [-0.15, -0.1) is 0 Å². The van der Waals surface area contributed by atoms with E-state index < -0.39 is 11.8 Å². The summed E-state index contributed by atoms with van der Waals surface area (Å²) in [6.07, 6.45) is 1.33. The molecule has 0 heterocycles. The molecule has 180 valence electrons. The van der Waals surface area contributed by atoms with Gasteiger partial charge in [-0.05, 0) is 67.8 Å². The average Bonchev–Trinajstić information content (AvgIpc) is 2.83. The number of hydrogen-bond donors (Lipinski definition) is 3. The number of nitrogens with one attached hydrogen (secondary N) is 3. The van der Waals surface area contributed by atoms with Gasteiger partial charge in [-0.1, -0.05) is 41.9 Å². The van der Waals surface area contributed by atoms with Crippen molar-refractivity contribution in [1.82, 2.24) is 5.43 Å². The summed E-state index contributed by atoms with van der Waals surface area (Å²) in [6.45, 7) is 5.51. The van der Waals surface area contributed by atoms with Crippen LogP contribution in [0.3, 0.4) is 0 Å². The highest BCUT2D eigenvalue weighted by Crippen LogP contribution is 2.20. The summed E-state index contributed by atoms with van der Waals surface area (Å²) < 4.78 is 5.64. The Morgan fingerprint density at radius 2 is 1.69 bits per heavy atom. The van der Waals surface area contributed by atoms with E-state index in [4.69, 9.17) is 16.3 Å². The van der Waals surface area contributed by atoms with Gasteiger partial charge >= 0.3 is 11.8 Å². The maximum atomic E-state index is 12.3. The number of nitrogens with zero attached hydrogens (tertiary/aromatic N) is 1. The molecule has 9 heteroatoms. The third-order valence-corrected chi connectivity index (χ3v) is 5.57. The van der Waals surface area contributed by atoms with Crippen LogP contribution in [0.2, 0.25) is 5.02 Å². The highest BCUT2D eigenvalue weighted by atomic mass is 35.5. The van der Waals surface area contributed by atoms with E-state index in [-0.39, 0.29) is 12.5 Å². The maximum Gasteiger partial charge on any atom is 0.329 e. The van der Waals surface area contributed by atoms with Crippen molar-refractivity contribution in [3.63, 3.8) is 0 Å². The number of hydrazone groups is 1. The molecule has 0 aliphatic carbocycles. The van der Waals surface area contributed by atoms with E-state index in [1.165, 1.54) is 6.21 Å². The van der Waals surface area contributed by atoms with Gasteiger partial charge < -0.3 is 15.4 Å². The van der Waals surface area contributed by atoms with Crippen LogP contribution in [0, 0.1) is 20.8 Å². The number of carbonyl (C=O) groups excluding carboxylic acids is 3. The van der Waals surface area contributed by atoms with Crippen molar-refractivity contribution in [2.45, 2.75) is 20.8 Å². The first-order chi connectivity index (χ1) is 16.7. The lowest BCUT2D eigenvalue weighted by atomic mass is 10.1. The molecule has 8 nitrogen and oxygen atoms in total. The Morgan fingerprint density at radius 1 is 0.914 bits per heavy atom. The number of ether oxygens (including phenoxy) is 1. The number of amides is 3. The summed E-state index contributed by atoms with van der Waals surface area (Å²) >= 11 is 6.03. The van der Waals surface area contributed by atoms with Crippen LogP contribution in [0.5, 0.6) is 5.75 Å². The second-order valence-electron chi connectivity index (χ2n) is 7.74. The second-order valence-corrected chi connectivity index (χ2v) is 8.15. The van der Waals surface area contributed by atoms with Gasteiger partial charge in [0.2, 0.25) is 0 Å². The Kier molecular flexibility index (Phi) is 8.58. The first-order valence-corrected chi connectivity index (χ1v) is 11.1. The van der Waals surface area contributed by atoms with E-state index in [1.807, 2.05) is 39.0 Å². The molecule has 35 heavy (non-hydrogen) atoms. The summed E-state index contributed by atoms with van der Waals surface area (Å²) in [7, 11) is 0. The van der Waals surface area contributed by atoms with Crippen LogP contribution in [-0.4, -0.2) is 30.5 Å². The monoisotopic (exact) mass is 492 g/mol. The highest BCUT2D eigenvalue weighted by molar-refractivity contribution is 6.39. The molecule has 0 fully saturated rings. The van der Waals surface area contributed by atoms with E-state index in [2.05, 4.69) is 21.2 Å². The first kappa shape index (κ1) is 25.5. The highest BCUT2D eigenvalue weighted by Gasteiger charge is 2.14. The average molecular weight is 493 g/mol. The molecule has 3 amide bonds. The maximum absolute atomic E-state index is 12.3. The third kappa shape index (κ3) is 7.15. The fraction of sp³-hybridized carbons (Fsp3) is 0.154. The van der Waals surface area contributed by atoms with Gasteiger partial charge in [0.05, 0.1) is 6.21 Å². The minimum atomic E-state index is -0.954. The zero-order valence-electron chi connectivity index (χ0n) is 19.5. The van der Waals surface area contributed by atoms with E-state index in [9.17, 15) is 14.4 Å². The molecule has 3 aromatic carbocycles. The molecule has 0 unspecified atom stereocenters. The molecule has 0 aliphatic heterocycles. The van der Waals surface area contributed by atoms with E-state index in [0.717, 1.165) is 22.4 Å². The lowest BCUT2D eigenvalue weighted by molar-refractivity contribution is -0.136. The number of carbonyl (C=O) groups is 3. The minimum Gasteiger partial charge on any atom is -0.483 e. The van der Waals surface area contributed by atoms with E-state index in [0.29, 0.717) is 22.0 Å². The van der Waals surface area contributed by atoms with Crippen LogP contribution < -0.4 is 20.8 Å². The number of para-hydroxylation sites is 1. The zero-order chi connectivity index (χ0) is 25.4. The van der Waals surface area contributed by atoms with Crippen molar-refractivity contribution in [2.24, 2.45) is 5.10 Å². The topological polar surface area (TPSA) is 109 Å². The standard InChI is InChI=1S/C26H25ClN4O4/c1-16-7-6-9-22(18(16)3)30-24(32)15-35-23-10-5-4-8-19(23)14-28-31-26(34)25(33)29-20-12-11-17(2)21(27)13-20/h4-14H,15H2,1-3H3,(H,29,33)(H,30,32)(H,31,34)/b28-14-. The fourth-order valence-corrected chi connectivity index (χ4v) is 3.18. The van der Waals surface area contributed by atoms with Gasteiger partial charge in [0.25, 0.3) is 5.91 Å². The smallest absolute Gasteiger partial charge is 0.329 e. The summed E-state index contributed by atoms with van der Waals surface area (Å²) in [5.41, 5.74) is 6.70. The summed E-state index contributed by atoms with van der Waals surface area (Å²) in [6, 6.07) is 17.4. The van der Waals surface area contributed by atoms with Crippen molar-refractivity contribution in [3.05, 3.63) is 87.9 Å². The summed E-state index contributed by atoms with van der Waals surface area (Å²) in [4.78, 5) is 36.5. The molecule has 0 aliphatic rings. The summed E-state index contributed by atoms with van der Waals surface area (Å²) in [5, 5.41) is 9.58. The van der Waals surface area contributed by atoms with Crippen molar-refractivity contribution >= 4 is 46.9 Å². The van der Waals surface area contributed by atoms with Gasteiger partial charge in [-0.25, -0.2) is 5.43 Å². The molecule has 0 spiro atoms. The van der Waals surface area contributed by atoms with Gasteiger partial charge in [-0.3, -0.25) is 14.4 Å². The van der Waals surface area contributed by atoms with Gasteiger partial charge in [0.1, 0.15) is 5.75 Å². The Labute approximate surface area is 208 Å². The second kappa shape index (κ2) is 11.8. The number of halogens is 1. The molecule has 0 saturated carbocycles. The van der Waals surface area contributed by atoms with Crippen molar-refractivity contribution in [2.75, 3.05) is 17.2 Å². The molecule has 3 N–H and O–H groups in total. The first-order valence-electron chi connectivity index (χ1n) is 10.7. The van der Waals surface area contributed by atoms with Crippen LogP contribution in [-0.2, 0) is 14.4 Å². The van der Waals surface area contributed by atoms with Gasteiger partial charge in [0.15, 0.2) is 6.61 Å². The molecule has 3 rings (SSSR count). The van der Waals surface area contributed by atoms with Crippen molar-refractivity contribution < 1.29 is 19.1 Å². The Balaban J connectivity index is 1.55. The molecule has 0 atom stereocenters. The number of benzene rings is 3. The lowest BCUT2D eigenvalue weighted by Crippen LogP contribution is -2.32. The fourth-order valence-electron chi connectivity index (χ4n) is 3.00. The number of aryl methyl sites for hydroxylation is 2. The lowest BCUT2D eigenvalue weighted by Gasteiger charge is -2.12. The van der Waals surface area contributed by atoms with Crippen molar-refractivity contribution in [3.8, 4) is 5.75 Å². The van der Waals surface area contributed by atoms with Gasteiger partial charge in [-0.2, -0.15) is 5.10 Å². The Morgan fingerprint density at radius 3 is 2.46 bits per heavy atom. The molecule has 0 aromatic heterocycles. The summed E-state index contributed by atoms with van der Waals surface area (Å²) in [5.74, 6) is -1.77. The predicted octanol–water partition coefficient (Wildman–Crippen LogP) is 4.37. The minimum absolute atomic E-state index is 0.216. The molecule has 0 saturated heterocycles. The van der Waals surface area contributed by atoms with Crippen LogP contribution >= 0.6 is 11.6 Å². The van der Waals surface area contributed by atoms with E-state index >= 15 is 0 Å². The number of hydrogen-bond acceptors (Lipinski definition) is 5. The molecular formula is C26H25ClN4O4. The van der Waals surface area contributed by atoms with Crippen LogP contribution in [0.15, 0.2) is 65.8 Å². The zero-order valence-corrected chi connectivity index (χ0v) is 20.3. The van der Waals surface area contributed by atoms with Gasteiger partial charge in [0, 0.05) is 22.0 Å². The van der Waals surface area contributed by atoms with E-state index in [1.54, 1.807) is 42.5 Å². The molecule has 0 bridgehead atoms. The largest absolute Gasteiger partial charge is 0.483 e. The normalized spacial score (nSPS) is 10.6. The predicted molar refractivity (Wildman–Crippen MR) is 137 cm³/mol. The quantitative estimate of drug-likeness (QED) is 0.258. The number of anilines is 2. The van der Waals surface area contributed by atoms with Crippen LogP contribution in [0.25, 0.3) is 0 Å². The molecule has 0 radical (unpaired) electrons. The Hall–Kier alpha value is -4.17. The molecule has 3 aromatic rings. The Bertz CT molecular complexity index is 1290. The van der Waals surface area contributed by atoms with Crippen molar-refractivity contribution in [1.29, 1.82) is 0 Å². The van der Waals surface area contributed by atoms with Crippen LogP contribution in [0.1, 0.15) is 22.3 Å².